The largest absolute Gasteiger partial charge is 0.434 e. The van der Waals surface area contributed by atoms with E-state index in [4.69, 9.17) is 11.6 Å². The Morgan fingerprint density at radius 2 is 1.78 bits per heavy atom. The standard InChI is InChI=1S/C27H28F5IN11OP.C3H4/c1-13-14(23(34)41-42(2)35)6-5-7-16(13)36-17-12-19(39-24-20(17)40-25(22(28)29)44(24)46-33)37-18-9-8-15(21(38-18)27(30,31)32)26(45)43-10-3-4-11-43;1-3-2/h5-9,12,22,46H,3-4,10-11,35H2,1-2H3,(H2,34,41)(H2,36,37,38,39);1H,2H3. The van der Waals surface area contributed by atoms with Crippen molar-refractivity contribution in [1.29, 1.82) is 0 Å². The molecule has 4 heterocycles. The Bertz CT molecular complexity index is 1900. The molecule has 260 valence electrons. The summed E-state index contributed by atoms with van der Waals surface area (Å²) in [4.78, 5) is 26.6. The van der Waals surface area contributed by atoms with E-state index in [1.54, 1.807) is 32.0 Å². The van der Waals surface area contributed by atoms with E-state index >= 15 is 0 Å². The number of aromatic nitrogens is 4. The first-order valence-corrected chi connectivity index (χ1v) is 18.6. The smallest absolute Gasteiger partial charge is 0.382 e. The van der Waals surface area contributed by atoms with Gasteiger partial charge in [-0.05, 0) is 72.5 Å². The van der Waals surface area contributed by atoms with E-state index in [9.17, 15) is 26.7 Å². The number of amides is 1. The zero-order chi connectivity index (χ0) is 36.0. The second-order valence-corrected chi connectivity index (χ2v) is 12.6. The van der Waals surface area contributed by atoms with Crippen molar-refractivity contribution in [2.75, 3.05) is 30.8 Å². The molecular formula is C30H32F5IN11OP. The van der Waals surface area contributed by atoms with Gasteiger partial charge in [0.2, 0.25) is 0 Å². The van der Waals surface area contributed by atoms with E-state index in [1.807, 2.05) is 22.0 Å². The number of pyridine rings is 2. The number of amidine groups is 1. The van der Waals surface area contributed by atoms with Gasteiger partial charge in [0.05, 0.1) is 17.6 Å². The molecule has 5 rings (SSSR count). The van der Waals surface area contributed by atoms with Crippen molar-refractivity contribution in [1.82, 2.24) is 29.3 Å². The molecular weight excluding hydrogens is 783 g/mol. The number of carbonyl (C=O) groups is 1. The zero-order valence-electron chi connectivity index (χ0n) is 26.4. The lowest BCUT2D eigenvalue weighted by molar-refractivity contribution is -0.141. The monoisotopic (exact) mass is 815 g/mol. The highest BCUT2D eigenvalue weighted by atomic mass is 127. The molecule has 1 atom stereocenters. The van der Waals surface area contributed by atoms with Gasteiger partial charge in [-0.3, -0.25) is 9.13 Å². The summed E-state index contributed by atoms with van der Waals surface area (Å²) >= 11 is 1.91. The van der Waals surface area contributed by atoms with Gasteiger partial charge in [0.25, 0.3) is 12.3 Å². The summed E-state index contributed by atoms with van der Waals surface area (Å²) in [6.45, 7) is 4.15. The Balaban J connectivity index is 0.00000174. The second kappa shape index (κ2) is 15.9. The molecule has 0 saturated carbocycles. The van der Waals surface area contributed by atoms with Crippen LogP contribution < -0.4 is 22.2 Å². The van der Waals surface area contributed by atoms with Gasteiger partial charge in [0.1, 0.15) is 17.2 Å². The molecule has 0 radical (unpaired) electrons. The minimum absolute atomic E-state index is 0.00880. The van der Waals surface area contributed by atoms with Gasteiger partial charge >= 0.3 is 6.18 Å². The number of alkyl halides is 5. The predicted molar refractivity (Wildman–Crippen MR) is 190 cm³/mol. The summed E-state index contributed by atoms with van der Waals surface area (Å²) in [7, 11) is 1.50. The van der Waals surface area contributed by atoms with Crippen LogP contribution in [0.4, 0.5) is 45.0 Å². The maximum absolute atomic E-state index is 14.1. The average molecular weight is 816 g/mol. The summed E-state index contributed by atoms with van der Waals surface area (Å²) in [5.74, 6) is 6.44. The van der Waals surface area contributed by atoms with Crippen LogP contribution in [-0.2, 0) is 6.18 Å². The van der Waals surface area contributed by atoms with Crippen LogP contribution in [0, 0.1) is 19.3 Å². The number of anilines is 4. The Hall–Kier alpha value is -4.34. The molecule has 19 heteroatoms. The first-order chi connectivity index (χ1) is 23.2. The van der Waals surface area contributed by atoms with Crippen LogP contribution in [0.15, 0.2) is 41.5 Å². The number of halogens is 6. The van der Waals surface area contributed by atoms with Crippen molar-refractivity contribution in [3.05, 3.63) is 64.6 Å². The summed E-state index contributed by atoms with van der Waals surface area (Å²) < 4.78 is 71.6. The van der Waals surface area contributed by atoms with Gasteiger partial charge in [-0.2, -0.15) is 13.2 Å². The molecule has 49 heavy (non-hydrogen) atoms. The van der Waals surface area contributed by atoms with E-state index in [-0.39, 0.29) is 40.7 Å². The normalized spacial score (nSPS) is 13.5. The Kier molecular flexibility index (Phi) is 12.2. The van der Waals surface area contributed by atoms with E-state index in [1.165, 1.54) is 28.4 Å². The van der Waals surface area contributed by atoms with Crippen molar-refractivity contribution in [2.45, 2.75) is 39.3 Å². The number of carbonyl (C=O) groups excluding carboxylic acids is 1. The highest BCUT2D eigenvalue weighted by Gasteiger charge is 2.39. The van der Waals surface area contributed by atoms with E-state index in [0.29, 0.717) is 42.7 Å². The Morgan fingerprint density at radius 3 is 2.37 bits per heavy atom. The Morgan fingerprint density at radius 1 is 1.10 bits per heavy atom. The molecule has 0 aliphatic carbocycles. The third kappa shape index (κ3) is 8.64. The fraction of sp³-hybridized carbons (Fsp3) is 0.300. The molecule has 1 unspecified atom stereocenters. The van der Waals surface area contributed by atoms with E-state index in [0.717, 1.165) is 11.2 Å². The summed E-state index contributed by atoms with van der Waals surface area (Å²) in [6.07, 6.45) is -2.05. The van der Waals surface area contributed by atoms with E-state index in [2.05, 4.69) is 43.0 Å². The van der Waals surface area contributed by atoms with Gasteiger partial charge < -0.3 is 21.3 Å². The van der Waals surface area contributed by atoms with Crippen molar-refractivity contribution in [3.63, 3.8) is 0 Å². The highest BCUT2D eigenvalue weighted by Crippen LogP contribution is 2.39. The van der Waals surface area contributed by atoms with Crippen molar-refractivity contribution >= 4 is 74.3 Å². The van der Waals surface area contributed by atoms with Crippen LogP contribution >= 0.6 is 28.4 Å². The number of imidazole rings is 1. The molecule has 4 aromatic rings. The lowest BCUT2D eigenvalue weighted by Gasteiger charge is -2.19. The van der Waals surface area contributed by atoms with Crippen molar-refractivity contribution < 1.29 is 26.7 Å². The van der Waals surface area contributed by atoms with Crippen LogP contribution in [-0.4, -0.2) is 61.2 Å². The van der Waals surface area contributed by atoms with Gasteiger partial charge in [-0.1, -0.05) is 12.1 Å². The maximum Gasteiger partial charge on any atom is 0.434 e. The van der Waals surface area contributed by atoms with Crippen LogP contribution in [0.5, 0.6) is 0 Å². The zero-order valence-corrected chi connectivity index (χ0v) is 29.6. The van der Waals surface area contributed by atoms with Crippen LogP contribution in [0.25, 0.3) is 11.2 Å². The second-order valence-electron chi connectivity index (χ2n) is 10.6. The first kappa shape index (κ1) is 37.5. The van der Waals surface area contributed by atoms with Crippen LogP contribution in [0.2, 0.25) is 0 Å². The minimum Gasteiger partial charge on any atom is -0.382 e. The van der Waals surface area contributed by atoms with Gasteiger partial charge in [0, 0.05) is 37.5 Å². The predicted octanol–water partition coefficient (Wildman–Crippen LogP) is 6.67. The van der Waals surface area contributed by atoms with Crippen LogP contribution in [0.3, 0.4) is 0 Å². The molecule has 1 amide bonds. The third-order valence-electron chi connectivity index (χ3n) is 7.11. The number of hydrogen-bond donors (Lipinski definition) is 4. The SMILES string of the molecule is C#CC.Cc1c(Nc2cc(Nc3ccc(C(=O)N4CCCC4)c(C(F)(F)F)n3)nc3c2nc(C(F)F)n3PI)cccc1/C(N)=N/N(C)N. The maximum atomic E-state index is 14.1. The van der Waals surface area contributed by atoms with Gasteiger partial charge in [-0.25, -0.2) is 34.7 Å². The molecule has 6 N–H and O–H groups in total. The quantitative estimate of drug-likeness (QED) is 0.0212. The van der Waals surface area contributed by atoms with Gasteiger partial charge in [0.15, 0.2) is 23.0 Å². The molecule has 3 aromatic heterocycles. The average Bonchev–Trinajstić information content (AvgIpc) is 3.70. The number of nitrogens with two attached hydrogens (primary N) is 2. The van der Waals surface area contributed by atoms with E-state index < -0.39 is 35.6 Å². The van der Waals surface area contributed by atoms with Crippen LogP contribution in [0.1, 0.15) is 59.2 Å². The summed E-state index contributed by atoms with van der Waals surface area (Å²) in [5.41, 5.74) is 6.31. The molecule has 1 aliphatic heterocycles. The number of nitrogens with zero attached hydrogens (tertiary/aromatic N) is 7. The number of fused-ring (bicyclic) bond motifs is 1. The highest BCUT2D eigenvalue weighted by molar-refractivity contribution is 14.2. The molecule has 1 fully saturated rings. The van der Waals surface area contributed by atoms with Crippen molar-refractivity contribution in [3.8, 4) is 12.3 Å². The number of benzene rings is 1. The molecule has 1 aromatic carbocycles. The van der Waals surface area contributed by atoms with Gasteiger partial charge in [-0.15, -0.1) is 17.4 Å². The summed E-state index contributed by atoms with van der Waals surface area (Å²) in [6, 6.07) is 8.87. The number of hydrazone groups is 1. The molecule has 0 spiro atoms. The lowest BCUT2D eigenvalue weighted by atomic mass is 10.1. The number of rotatable bonds is 9. The minimum atomic E-state index is -4.92. The lowest BCUT2D eigenvalue weighted by Crippen LogP contribution is -2.30. The number of hydrazine groups is 1. The topological polar surface area (TPSA) is 156 Å². The fourth-order valence-electron chi connectivity index (χ4n) is 5.01. The number of nitrogens with one attached hydrogen (secondary N) is 2. The fourth-order valence-corrected chi connectivity index (χ4v) is 6.91. The number of likely N-dealkylation sites (tertiary alicyclic amines) is 1. The molecule has 1 aliphatic rings. The molecule has 0 bridgehead atoms. The number of terminal acetylenes is 1. The molecule has 12 nitrogen and oxygen atoms in total. The summed E-state index contributed by atoms with van der Waals surface area (Å²) in [5, 5.41) is 11.0. The number of hydrogen-bond acceptors (Lipinski definition) is 9. The first-order valence-electron chi connectivity index (χ1n) is 14.5. The third-order valence-corrected chi connectivity index (χ3v) is 9.17. The Labute approximate surface area is 293 Å². The van der Waals surface area contributed by atoms with Crippen molar-refractivity contribution in [2.24, 2.45) is 16.7 Å². The molecule has 1 saturated heterocycles.